The van der Waals surface area contributed by atoms with Crippen molar-refractivity contribution in [2.45, 2.75) is 44.4 Å². The van der Waals surface area contributed by atoms with Crippen LogP contribution in [0.4, 0.5) is 14.9 Å². The zero-order chi connectivity index (χ0) is 24.6. The van der Waals surface area contributed by atoms with E-state index in [1.807, 2.05) is 0 Å². The molecular formula is C20H26FN3O8S. The number of nitrogens with one attached hydrogen (secondary N) is 2. The second-order valence-electron chi connectivity index (χ2n) is 7.59. The summed E-state index contributed by atoms with van der Waals surface area (Å²) in [5, 5.41) is 11.1. The standard InChI is InChI=1S/C20H26FN3O8S/c1-33(30,31)23-14-6-4-5-13(9-14)12-32-20(29)24-8-3-2-7-16(24)19(28)22-15(10-18(26)27)17(25)11-21/h4-6,9,15-16,23H,2-3,7-8,10-12H2,1H3,(H,22,28)(H,26,27). The monoisotopic (exact) mass is 487 g/mol. The average Bonchev–Trinajstić information content (AvgIpc) is 2.75. The van der Waals surface area contributed by atoms with Crippen LogP contribution in [0.25, 0.3) is 0 Å². The topological polar surface area (TPSA) is 159 Å². The molecule has 2 unspecified atom stereocenters. The molecule has 0 spiro atoms. The normalized spacial score (nSPS) is 17.0. The van der Waals surface area contributed by atoms with E-state index in [1.54, 1.807) is 12.1 Å². The van der Waals surface area contributed by atoms with E-state index in [1.165, 1.54) is 17.0 Å². The molecule has 0 radical (unpaired) electrons. The molecule has 33 heavy (non-hydrogen) atoms. The molecule has 2 atom stereocenters. The van der Waals surface area contributed by atoms with Crippen molar-refractivity contribution in [1.82, 2.24) is 10.2 Å². The number of ether oxygens (including phenoxy) is 1. The lowest BCUT2D eigenvalue weighted by atomic mass is 10.0. The van der Waals surface area contributed by atoms with Crippen molar-refractivity contribution in [2.24, 2.45) is 0 Å². The third kappa shape index (κ3) is 8.33. The molecule has 1 aromatic rings. The number of hydrogen-bond donors (Lipinski definition) is 3. The Labute approximate surface area is 190 Å². The second kappa shape index (κ2) is 11.6. The first kappa shape index (κ1) is 26.0. The number of aliphatic carboxylic acids is 1. The lowest BCUT2D eigenvalue weighted by Crippen LogP contribution is -2.55. The number of carbonyl (C=O) groups is 4. The van der Waals surface area contributed by atoms with Crippen LogP contribution in [0.5, 0.6) is 0 Å². The predicted octanol–water partition coefficient (Wildman–Crippen LogP) is 1.05. The summed E-state index contributed by atoms with van der Waals surface area (Å²) in [4.78, 5) is 49.1. The smallest absolute Gasteiger partial charge is 0.410 e. The molecule has 0 aliphatic carbocycles. The zero-order valence-electron chi connectivity index (χ0n) is 18.0. The van der Waals surface area contributed by atoms with Gasteiger partial charge in [-0.05, 0) is 37.0 Å². The predicted molar refractivity (Wildman–Crippen MR) is 115 cm³/mol. The third-order valence-electron chi connectivity index (χ3n) is 4.85. The molecule has 13 heteroatoms. The number of hydrogen-bond acceptors (Lipinski definition) is 7. The number of amides is 2. The molecular weight excluding hydrogens is 461 g/mol. The lowest BCUT2D eigenvalue weighted by molar-refractivity contribution is -0.140. The zero-order valence-corrected chi connectivity index (χ0v) is 18.8. The minimum atomic E-state index is -3.48. The van der Waals surface area contributed by atoms with Gasteiger partial charge in [0.2, 0.25) is 15.9 Å². The molecule has 1 aliphatic heterocycles. The number of benzene rings is 1. The number of likely N-dealkylation sites (tertiary alicyclic amines) is 1. The first-order chi connectivity index (χ1) is 15.5. The van der Waals surface area contributed by atoms with Crippen LogP contribution < -0.4 is 10.0 Å². The van der Waals surface area contributed by atoms with Gasteiger partial charge in [0, 0.05) is 12.2 Å². The Bertz CT molecular complexity index is 1000. The maximum atomic E-state index is 12.7. The number of carbonyl (C=O) groups excluding carboxylic acids is 3. The number of rotatable bonds is 10. The molecule has 182 valence electrons. The highest BCUT2D eigenvalue weighted by atomic mass is 32.2. The molecule has 0 aromatic heterocycles. The first-order valence-corrected chi connectivity index (χ1v) is 12.0. The number of halogens is 1. The number of anilines is 1. The van der Waals surface area contributed by atoms with Gasteiger partial charge in [-0.1, -0.05) is 12.1 Å². The Morgan fingerprint density at radius 1 is 1.27 bits per heavy atom. The van der Waals surface area contributed by atoms with Gasteiger partial charge in [-0.25, -0.2) is 17.6 Å². The second-order valence-corrected chi connectivity index (χ2v) is 9.34. The largest absolute Gasteiger partial charge is 0.481 e. The number of carboxylic acid groups (broad SMARTS) is 1. The van der Waals surface area contributed by atoms with E-state index >= 15 is 0 Å². The molecule has 2 rings (SSSR count). The van der Waals surface area contributed by atoms with Gasteiger partial charge >= 0.3 is 12.1 Å². The number of ketones is 1. The fraction of sp³-hybridized carbons (Fsp3) is 0.500. The molecule has 2 amide bonds. The molecule has 0 saturated carbocycles. The first-order valence-electron chi connectivity index (χ1n) is 10.1. The summed E-state index contributed by atoms with van der Waals surface area (Å²) in [7, 11) is -3.48. The molecule has 11 nitrogen and oxygen atoms in total. The molecule has 1 aliphatic rings. The number of sulfonamides is 1. The highest BCUT2D eigenvalue weighted by Gasteiger charge is 2.35. The summed E-state index contributed by atoms with van der Waals surface area (Å²) in [5.74, 6) is -3.22. The van der Waals surface area contributed by atoms with Gasteiger partial charge in [0.1, 0.15) is 25.4 Å². The van der Waals surface area contributed by atoms with Crippen molar-refractivity contribution in [3.8, 4) is 0 Å². The average molecular weight is 488 g/mol. The van der Waals surface area contributed by atoms with Crippen LogP contribution in [0.3, 0.4) is 0 Å². The Balaban J connectivity index is 2.04. The van der Waals surface area contributed by atoms with Gasteiger partial charge in [0.25, 0.3) is 0 Å². The van der Waals surface area contributed by atoms with Crippen molar-refractivity contribution in [3.63, 3.8) is 0 Å². The summed E-state index contributed by atoms with van der Waals surface area (Å²) in [6, 6.07) is 3.69. The van der Waals surface area contributed by atoms with Crippen LogP contribution in [0.1, 0.15) is 31.2 Å². The van der Waals surface area contributed by atoms with Crippen LogP contribution in [0.2, 0.25) is 0 Å². The molecule has 1 fully saturated rings. The summed E-state index contributed by atoms with van der Waals surface area (Å²) in [6.45, 7) is -1.42. The van der Waals surface area contributed by atoms with Crippen molar-refractivity contribution < 1.29 is 41.8 Å². The van der Waals surface area contributed by atoms with Crippen LogP contribution >= 0.6 is 0 Å². The number of Topliss-reactive ketones (excluding diaryl/α,β-unsaturated/α-hetero) is 1. The molecule has 3 N–H and O–H groups in total. The van der Waals surface area contributed by atoms with E-state index in [-0.39, 0.29) is 19.6 Å². The van der Waals surface area contributed by atoms with E-state index in [2.05, 4.69) is 10.0 Å². The number of alkyl halides is 1. The molecule has 1 saturated heterocycles. The molecule has 0 bridgehead atoms. The van der Waals surface area contributed by atoms with Crippen molar-refractivity contribution in [2.75, 3.05) is 24.2 Å². The highest BCUT2D eigenvalue weighted by Crippen LogP contribution is 2.20. The number of piperidine rings is 1. The van der Waals surface area contributed by atoms with E-state index in [0.717, 1.165) is 6.26 Å². The summed E-state index contributed by atoms with van der Waals surface area (Å²) >= 11 is 0. The van der Waals surface area contributed by atoms with E-state index in [4.69, 9.17) is 9.84 Å². The molecule has 1 heterocycles. The third-order valence-corrected chi connectivity index (χ3v) is 5.45. The Hall–Kier alpha value is -3.22. The lowest BCUT2D eigenvalue weighted by Gasteiger charge is -2.34. The summed E-state index contributed by atoms with van der Waals surface area (Å²) in [6.07, 6.45) is 0.907. The van der Waals surface area contributed by atoms with Gasteiger partial charge in [-0.2, -0.15) is 0 Å². The van der Waals surface area contributed by atoms with Crippen molar-refractivity contribution in [1.29, 1.82) is 0 Å². The maximum absolute atomic E-state index is 12.7. The van der Waals surface area contributed by atoms with Gasteiger partial charge in [0.15, 0.2) is 5.78 Å². The summed E-state index contributed by atoms with van der Waals surface area (Å²) in [5.41, 5.74) is 0.799. The minimum absolute atomic E-state index is 0.190. The minimum Gasteiger partial charge on any atom is -0.481 e. The Morgan fingerprint density at radius 3 is 2.64 bits per heavy atom. The SMILES string of the molecule is CS(=O)(=O)Nc1cccc(COC(=O)N2CCCCC2C(=O)NC(CC(=O)O)C(=O)CF)c1. The number of carboxylic acids is 1. The summed E-state index contributed by atoms with van der Waals surface area (Å²) < 4.78 is 43.1. The van der Waals surface area contributed by atoms with Crippen LogP contribution in [0, 0.1) is 0 Å². The fourth-order valence-corrected chi connectivity index (χ4v) is 3.93. The van der Waals surface area contributed by atoms with E-state index in [0.29, 0.717) is 24.1 Å². The number of nitrogens with zero attached hydrogens (tertiary/aromatic N) is 1. The fourth-order valence-electron chi connectivity index (χ4n) is 3.37. The van der Waals surface area contributed by atoms with Crippen LogP contribution in [-0.4, -0.2) is 73.7 Å². The van der Waals surface area contributed by atoms with E-state index < -0.39 is 59.0 Å². The molecule has 1 aromatic carbocycles. The van der Waals surface area contributed by atoms with Crippen LogP contribution in [0.15, 0.2) is 24.3 Å². The van der Waals surface area contributed by atoms with Gasteiger partial charge in [0.05, 0.1) is 12.7 Å². The van der Waals surface area contributed by atoms with Gasteiger partial charge in [-0.3, -0.25) is 24.0 Å². The van der Waals surface area contributed by atoms with Crippen LogP contribution in [-0.2, 0) is 35.8 Å². The van der Waals surface area contributed by atoms with E-state index in [9.17, 15) is 32.0 Å². The van der Waals surface area contributed by atoms with Gasteiger partial charge < -0.3 is 15.2 Å². The van der Waals surface area contributed by atoms with Crippen molar-refractivity contribution in [3.05, 3.63) is 29.8 Å². The quantitative estimate of drug-likeness (QED) is 0.442. The van der Waals surface area contributed by atoms with Gasteiger partial charge in [-0.15, -0.1) is 0 Å². The Morgan fingerprint density at radius 2 is 2.00 bits per heavy atom. The maximum Gasteiger partial charge on any atom is 0.410 e. The highest BCUT2D eigenvalue weighted by molar-refractivity contribution is 7.92. The Kier molecular flexibility index (Phi) is 9.14. The van der Waals surface area contributed by atoms with Crippen molar-refractivity contribution >= 4 is 39.5 Å².